The lowest BCUT2D eigenvalue weighted by Crippen LogP contribution is -2.32. The van der Waals surface area contributed by atoms with Gasteiger partial charge in [-0.2, -0.15) is 0 Å². The molecule has 1 atom stereocenters. The maximum Gasteiger partial charge on any atom is 0.320 e. The molecule has 2 aromatic heterocycles. The summed E-state index contributed by atoms with van der Waals surface area (Å²) < 4.78 is 4.02. The Morgan fingerprint density at radius 3 is 2.48 bits per heavy atom. The Labute approximate surface area is 167 Å². The van der Waals surface area contributed by atoms with Gasteiger partial charge in [-0.1, -0.05) is 30.3 Å². The zero-order valence-corrected chi connectivity index (χ0v) is 16.1. The first kappa shape index (κ1) is 18.9. The highest BCUT2D eigenvalue weighted by molar-refractivity contribution is 5.94. The molecule has 7 heteroatoms. The maximum absolute atomic E-state index is 12.1. The zero-order valence-electron chi connectivity index (χ0n) is 16.1. The van der Waals surface area contributed by atoms with Crippen LogP contribution in [-0.2, 0) is 24.3 Å². The van der Waals surface area contributed by atoms with Crippen molar-refractivity contribution in [3.8, 4) is 0 Å². The van der Waals surface area contributed by atoms with Gasteiger partial charge in [0.05, 0.1) is 11.0 Å². The van der Waals surface area contributed by atoms with Crippen molar-refractivity contribution in [2.45, 2.75) is 32.5 Å². The van der Waals surface area contributed by atoms with E-state index >= 15 is 0 Å². The zero-order chi connectivity index (χ0) is 20.5. The van der Waals surface area contributed by atoms with Crippen LogP contribution in [0.2, 0.25) is 0 Å². The van der Waals surface area contributed by atoms with Gasteiger partial charge in [0.2, 0.25) is 0 Å². The fourth-order valence-electron chi connectivity index (χ4n) is 3.77. The predicted molar refractivity (Wildman–Crippen MR) is 111 cm³/mol. The average Bonchev–Trinajstić information content (AvgIpc) is 3.25. The normalized spacial score (nSPS) is 12.5. The molecule has 0 aliphatic rings. The molecular weight excluding hydrogens is 368 g/mol. The summed E-state index contributed by atoms with van der Waals surface area (Å²) in [5, 5.41) is 10.2. The number of aromatic nitrogens is 3. The number of carbonyl (C=O) groups excluding carboxylic acids is 1. The van der Waals surface area contributed by atoms with Crippen LogP contribution in [0.25, 0.3) is 21.9 Å². The number of imidazole rings is 1. The van der Waals surface area contributed by atoms with E-state index in [-0.39, 0.29) is 12.2 Å². The Bertz CT molecular complexity index is 1220. The van der Waals surface area contributed by atoms with E-state index in [2.05, 4.69) is 9.55 Å². The molecular formula is C22H22N4O3. The predicted octanol–water partition coefficient (Wildman–Crippen LogP) is 2.85. The van der Waals surface area contributed by atoms with E-state index in [1.165, 1.54) is 6.92 Å². The first-order chi connectivity index (χ1) is 14.0. The smallest absolute Gasteiger partial charge is 0.320 e. The Hall–Kier alpha value is -3.45. The highest BCUT2D eigenvalue weighted by Crippen LogP contribution is 2.23. The van der Waals surface area contributed by atoms with Gasteiger partial charge in [-0.15, -0.1) is 0 Å². The number of hydrogen-bond acceptors (Lipinski definition) is 4. The number of carboxylic acid groups (broad SMARTS) is 1. The quantitative estimate of drug-likeness (QED) is 0.472. The summed E-state index contributed by atoms with van der Waals surface area (Å²) in [5.74, 6) is -0.653. The van der Waals surface area contributed by atoms with Gasteiger partial charge in [-0.05, 0) is 23.8 Å². The summed E-state index contributed by atoms with van der Waals surface area (Å²) in [5.41, 5.74) is 9.38. The molecule has 4 rings (SSSR count). The number of nitrogens with two attached hydrogens (primary N) is 1. The van der Waals surface area contributed by atoms with Crippen molar-refractivity contribution in [3.05, 3.63) is 66.1 Å². The van der Waals surface area contributed by atoms with E-state index in [9.17, 15) is 9.59 Å². The SMILES string of the molecule is CC(=O)c1nc2ccccc2n1CCn1cc(CC(N)C(=O)O)c2ccccc21. The van der Waals surface area contributed by atoms with Gasteiger partial charge in [-0.25, -0.2) is 4.98 Å². The summed E-state index contributed by atoms with van der Waals surface area (Å²) in [6.07, 6.45) is 2.22. The van der Waals surface area contributed by atoms with Crippen LogP contribution in [0.3, 0.4) is 0 Å². The van der Waals surface area contributed by atoms with Crippen molar-refractivity contribution in [2.24, 2.45) is 5.73 Å². The average molecular weight is 390 g/mol. The molecule has 2 heterocycles. The van der Waals surface area contributed by atoms with Crippen LogP contribution in [0, 0.1) is 0 Å². The Balaban J connectivity index is 1.69. The second-order valence-electron chi connectivity index (χ2n) is 7.15. The molecule has 0 saturated carbocycles. The summed E-state index contributed by atoms with van der Waals surface area (Å²) in [4.78, 5) is 27.7. The van der Waals surface area contributed by atoms with E-state index < -0.39 is 12.0 Å². The first-order valence-electron chi connectivity index (χ1n) is 9.47. The number of nitrogens with zero attached hydrogens (tertiary/aromatic N) is 3. The summed E-state index contributed by atoms with van der Waals surface area (Å²) in [6.45, 7) is 2.70. The number of ketones is 1. The van der Waals surface area contributed by atoms with Crippen LogP contribution >= 0.6 is 0 Å². The lowest BCUT2D eigenvalue weighted by atomic mass is 10.1. The van der Waals surface area contributed by atoms with E-state index in [1.807, 2.05) is 59.3 Å². The molecule has 0 radical (unpaired) electrons. The minimum Gasteiger partial charge on any atom is -0.480 e. The number of rotatable bonds is 7. The molecule has 3 N–H and O–H groups in total. The van der Waals surface area contributed by atoms with Gasteiger partial charge in [0.15, 0.2) is 11.6 Å². The van der Waals surface area contributed by atoms with E-state index in [1.54, 1.807) is 0 Å². The number of aliphatic carboxylic acids is 1. The summed E-state index contributed by atoms with van der Waals surface area (Å²) in [7, 11) is 0. The van der Waals surface area contributed by atoms with Gasteiger partial charge in [-0.3, -0.25) is 9.59 Å². The summed E-state index contributed by atoms with van der Waals surface area (Å²) >= 11 is 0. The van der Waals surface area contributed by atoms with Gasteiger partial charge < -0.3 is 20.0 Å². The van der Waals surface area contributed by atoms with Gasteiger partial charge in [0, 0.05) is 43.5 Å². The van der Waals surface area contributed by atoms with Crippen molar-refractivity contribution in [2.75, 3.05) is 0 Å². The van der Waals surface area contributed by atoms with Crippen molar-refractivity contribution >= 4 is 33.7 Å². The molecule has 29 heavy (non-hydrogen) atoms. The third kappa shape index (κ3) is 3.52. The fourth-order valence-corrected chi connectivity index (χ4v) is 3.77. The first-order valence-corrected chi connectivity index (χ1v) is 9.47. The van der Waals surface area contributed by atoms with Crippen molar-refractivity contribution in [1.29, 1.82) is 0 Å². The molecule has 0 aliphatic heterocycles. The Morgan fingerprint density at radius 1 is 1.07 bits per heavy atom. The number of aryl methyl sites for hydroxylation is 2. The molecule has 0 amide bonds. The number of carboxylic acids is 1. The van der Waals surface area contributed by atoms with Crippen LogP contribution in [0.5, 0.6) is 0 Å². The third-order valence-electron chi connectivity index (χ3n) is 5.16. The molecule has 2 aromatic carbocycles. The van der Waals surface area contributed by atoms with Crippen molar-refractivity contribution < 1.29 is 14.7 Å². The van der Waals surface area contributed by atoms with E-state index in [0.717, 1.165) is 27.5 Å². The van der Waals surface area contributed by atoms with Gasteiger partial charge in [0.1, 0.15) is 6.04 Å². The molecule has 0 aliphatic carbocycles. The second kappa shape index (κ2) is 7.52. The van der Waals surface area contributed by atoms with Gasteiger partial charge >= 0.3 is 5.97 Å². The largest absolute Gasteiger partial charge is 0.480 e. The van der Waals surface area contributed by atoms with Crippen LogP contribution in [0.15, 0.2) is 54.7 Å². The Morgan fingerprint density at radius 2 is 1.76 bits per heavy atom. The van der Waals surface area contributed by atoms with Gasteiger partial charge in [0.25, 0.3) is 0 Å². The van der Waals surface area contributed by atoms with Crippen LogP contribution in [0.1, 0.15) is 23.1 Å². The maximum atomic E-state index is 12.1. The molecule has 1 unspecified atom stereocenters. The number of fused-ring (bicyclic) bond motifs is 2. The third-order valence-corrected chi connectivity index (χ3v) is 5.16. The second-order valence-corrected chi connectivity index (χ2v) is 7.15. The number of hydrogen-bond donors (Lipinski definition) is 2. The molecule has 0 fully saturated rings. The molecule has 148 valence electrons. The Kier molecular flexibility index (Phi) is 4.90. The fraction of sp³-hybridized carbons (Fsp3) is 0.227. The lowest BCUT2D eigenvalue weighted by Gasteiger charge is -2.10. The topological polar surface area (TPSA) is 103 Å². The number of Topliss-reactive ketones (excluding diaryl/α,β-unsaturated/α-hetero) is 1. The van der Waals surface area contributed by atoms with Crippen molar-refractivity contribution in [3.63, 3.8) is 0 Å². The monoisotopic (exact) mass is 390 g/mol. The molecule has 7 nitrogen and oxygen atoms in total. The molecule has 4 aromatic rings. The van der Waals surface area contributed by atoms with E-state index in [0.29, 0.717) is 18.9 Å². The number of para-hydroxylation sites is 3. The van der Waals surface area contributed by atoms with Crippen LogP contribution in [-0.4, -0.2) is 37.0 Å². The summed E-state index contributed by atoms with van der Waals surface area (Å²) in [6, 6.07) is 14.6. The standard InChI is InChI=1S/C22H22N4O3/c1-14(27)21-24-18-7-3-5-9-20(18)26(21)11-10-25-13-15(12-17(23)22(28)29)16-6-2-4-8-19(16)25/h2-9,13,17H,10-12,23H2,1H3,(H,28,29). The highest BCUT2D eigenvalue weighted by Gasteiger charge is 2.18. The minimum absolute atomic E-state index is 0.0771. The lowest BCUT2D eigenvalue weighted by molar-refractivity contribution is -0.138. The molecule has 0 saturated heterocycles. The van der Waals surface area contributed by atoms with Crippen LogP contribution < -0.4 is 5.73 Å². The minimum atomic E-state index is -1.02. The number of carbonyl (C=O) groups is 2. The van der Waals surface area contributed by atoms with E-state index in [4.69, 9.17) is 10.8 Å². The van der Waals surface area contributed by atoms with Crippen molar-refractivity contribution in [1.82, 2.24) is 14.1 Å². The highest BCUT2D eigenvalue weighted by atomic mass is 16.4. The molecule has 0 spiro atoms. The molecule has 0 bridgehead atoms. The van der Waals surface area contributed by atoms with Crippen LogP contribution in [0.4, 0.5) is 0 Å². The number of benzene rings is 2.